The molecule has 1 atom stereocenters. The fourth-order valence-corrected chi connectivity index (χ4v) is 2.25. The van der Waals surface area contributed by atoms with Gasteiger partial charge in [-0.2, -0.15) is 17.6 Å². The van der Waals surface area contributed by atoms with Gasteiger partial charge < -0.3 is 5.32 Å². The third kappa shape index (κ3) is 4.66. The molecule has 1 aliphatic heterocycles. The SMILES string of the molecule is Fc1cc(NCC2CCN(CC(F)(F)F)C2)ccn1. The number of nitrogens with zero attached hydrogens (tertiary/aromatic N) is 2. The van der Waals surface area contributed by atoms with Crippen molar-refractivity contribution in [1.29, 1.82) is 0 Å². The van der Waals surface area contributed by atoms with Gasteiger partial charge in [-0.15, -0.1) is 0 Å². The van der Waals surface area contributed by atoms with Crippen LogP contribution < -0.4 is 5.32 Å². The van der Waals surface area contributed by atoms with E-state index in [1.54, 1.807) is 6.07 Å². The summed E-state index contributed by atoms with van der Waals surface area (Å²) in [6.45, 7) is 0.557. The van der Waals surface area contributed by atoms with E-state index >= 15 is 0 Å². The van der Waals surface area contributed by atoms with E-state index in [-0.39, 0.29) is 5.92 Å². The molecule has 1 N–H and O–H groups in total. The lowest BCUT2D eigenvalue weighted by molar-refractivity contribution is -0.143. The molecule has 1 aromatic rings. The lowest BCUT2D eigenvalue weighted by Gasteiger charge is -2.18. The molecule has 0 aromatic carbocycles. The Balaban J connectivity index is 1.76. The first-order valence-corrected chi connectivity index (χ1v) is 6.07. The van der Waals surface area contributed by atoms with Crippen LogP contribution in [0, 0.1) is 11.9 Å². The number of pyridine rings is 1. The fraction of sp³-hybridized carbons (Fsp3) is 0.583. The number of nitrogens with one attached hydrogen (secondary N) is 1. The quantitative estimate of drug-likeness (QED) is 0.677. The molecule has 7 heteroatoms. The zero-order valence-electron chi connectivity index (χ0n) is 10.3. The van der Waals surface area contributed by atoms with Crippen molar-refractivity contribution in [3.8, 4) is 0 Å². The largest absolute Gasteiger partial charge is 0.401 e. The second-order valence-corrected chi connectivity index (χ2v) is 4.75. The maximum Gasteiger partial charge on any atom is 0.401 e. The van der Waals surface area contributed by atoms with Crippen molar-refractivity contribution in [2.24, 2.45) is 5.92 Å². The molecule has 0 amide bonds. The molecule has 3 nitrogen and oxygen atoms in total. The molecule has 2 heterocycles. The molecular weight excluding hydrogens is 262 g/mol. The van der Waals surface area contributed by atoms with Crippen molar-refractivity contribution < 1.29 is 17.6 Å². The van der Waals surface area contributed by atoms with Gasteiger partial charge >= 0.3 is 6.18 Å². The molecule has 0 saturated carbocycles. The van der Waals surface area contributed by atoms with Crippen molar-refractivity contribution in [2.75, 3.05) is 31.5 Å². The Labute approximate surface area is 108 Å². The lowest BCUT2D eigenvalue weighted by Crippen LogP contribution is -2.33. The highest BCUT2D eigenvalue weighted by Crippen LogP contribution is 2.23. The zero-order valence-corrected chi connectivity index (χ0v) is 10.3. The van der Waals surface area contributed by atoms with Gasteiger partial charge in [-0.05, 0) is 24.9 Å². The second-order valence-electron chi connectivity index (χ2n) is 4.75. The van der Waals surface area contributed by atoms with Gasteiger partial charge in [0.25, 0.3) is 0 Å². The minimum absolute atomic E-state index is 0.151. The molecule has 1 saturated heterocycles. The van der Waals surface area contributed by atoms with Gasteiger partial charge in [-0.1, -0.05) is 0 Å². The van der Waals surface area contributed by atoms with Crippen LogP contribution in [-0.4, -0.2) is 42.2 Å². The van der Waals surface area contributed by atoms with Crippen LogP contribution in [0.2, 0.25) is 0 Å². The van der Waals surface area contributed by atoms with Gasteiger partial charge in [0.05, 0.1) is 6.54 Å². The molecule has 106 valence electrons. The molecule has 0 bridgehead atoms. The maximum absolute atomic E-state index is 12.8. The Morgan fingerprint density at radius 1 is 1.42 bits per heavy atom. The number of rotatable bonds is 4. The summed E-state index contributed by atoms with van der Waals surface area (Å²) < 4.78 is 49.5. The van der Waals surface area contributed by atoms with Gasteiger partial charge in [0.15, 0.2) is 0 Å². The molecule has 1 aromatic heterocycles. The van der Waals surface area contributed by atoms with Crippen LogP contribution in [0.4, 0.5) is 23.2 Å². The third-order valence-corrected chi connectivity index (χ3v) is 3.09. The highest BCUT2D eigenvalue weighted by Gasteiger charge is 2.34. The number of halogens is 4. The normalized spacial score (nSPS) is 20.7. The highest BCUT2D eigenvalue weighted by molar-refractivity contribution is 5.41. The van der Waals surface area contributed by atoms with E-state index in [4.69, 9.17) is 0 Å². The Morgan fingerprint density at radius 3 is 2.89 bits per heavy atom. The van der Waals surface area contributed by atoms with Crippen molar-refractivity contribution in [3.05, 3.63) is 24.3 Å². The van der Waals surface area contributed by atoms with Crippen molar-refractivity contribution in [2.45, 2.75) is 12.6 Å². The third-order valence-electron chi connectivity index (χ3n) is 3.09. The summed E-state index contributed by atoms with van der Waals surface area (Å²) in [7, 11) is 0. The summed E-state index contributed by atoms with van der Waals surface area (Å²) >= 11 is 0. The van der Waals surface area contributed by atoms with Crippen molar-refractivity contribution in [1.82, 2.24) is 9.88 Å². The minimum atomic E-state index is -4.14. The average molecular weight is 277 g/mol. The van der Waals surface area contributed by atoms with E-state index in [1.165, 1.54) is 17.2 Å². The molecular formula is C12H15F4N3. The first kappa shape index (κ1) is 14.0. The number of aromatic nitrogens is 1. The Bertz CT molecular complexity index is 422. The summed E-state index contributed by atoms with van der Waals surface area (Å²) in [6.07, 6.45) is -2.07. The van der Waals surface area contributed by atoms with Crippen LogP contribution in [0.5, 0.6) is 0 Å². The van der Waals surface area contributed by atoms with Crippen molar-refractivity contribution >= 4 is 5.69 Å². The number of hydrogen-bond acceptors (Lipinski definition) is 3. The van der Waals surface area contributed by atoms with Gasteiger partial charge in [0, 0.05) is 31.0 Å². The Hall–Kier alpha value is -1.37. The molecule has 1 fully saturated rings. The van der Waals surface area contributed by atoms with Crippen LogP contribution in [0.15, 0.2) is 18.3 Å². The van der Waals surface area contributed by atoms with Crippen LogP contribution in [-0.2, 0) is 0 Å². The van der Waals surface area contributed by atoms with E-state index < -0.39 is 18.7 Å². The average Bonchev–Trinajstić information content (AvgIpc) is 2.72. The highest BCUT2D eigenvalue weighted by atomic mass is 19.4. The Morgan fingerprint density at radius 2 is 2.21 bits per heavy atom. The molecule has 0 aliphatic carbocycles. The summed E-state index contributed by atoms with van der Waals surface area (Å²) in [5.41, 5.74) is 0.599. The number of alkyl halides is 3. The molecule has 19 heavy (non-hydrogen) atoms. The zero-order chi connectivity index (χ0) is 13.9. The predicted molar refractivity (Wildman–Crippen MR) is 63.3 cm³/mol. The summed E-state index contributed by atoms with van der Waals surface area (Å²) in [6, 6.07) is 2.90. The lowest BCUT2D eigenvalue weighted by atomic mass is 10.1. The molecule has 1 aliphatic rings. The minimum Gasteiger partial charge on any atom is -0.385 e. The summed E-state index contributed by atoms with van der Waals surface area (Å²) in [5, 5.41) is 3.02. The molecule has 1 unspecified atom stereocenters. The molecule has 0 spiro atoms. The number of likely N-dealkylation sites (tertiary alicyclic amines) is 1. The van der Waals surface area contributed by atoms with Crippen LogP contribution >= 0.6 is 0 Å². The van der Waals surface area contributed by atoms with Crippen LogP contribution in [0.1, 0.15) is 6.42 Å². The van der Waals surface area contributed by atoms with E-state index in [1.807, 2.05) is 0 Å². The van der Waals surface area contributed by atoms with Crippen LogP contribution in [0.25, 0.3) is 0 Å². The second kappa shape index (κ2) is 5.73. The van der Waals surface area contributed by atoms with Gasteiger partial charge in [-0.3, -0.25) is 4.90 Å². The first-order valence-electron chi connectivity index (χ1n) is 6.07. The standard InChI is InChI=1S/C12H15F4N3/c13-11-5-10(1-3-17-11)18-6-9-2-4-19(7-9)8-12(14,15)16/h1,3,5,9H,2,4,6-8H2,(H,17,18). The van der Waals surface area contributed by atoms with E-state index in [0.717, 1.165) is 6.42 Å². The predicted octanol–water partition coefficient (Wildman–Crippen LogP) is 2.52. The molecule has 2 rings (SSSR count). The fourth-order valence-electron chi connectivity index (χ4n) is 2.25. The van der Waals surface area contributed by atoms with Crippen LogP contribution in [0.3, 0.4) is 0 Å². The molecule has 0 radical (unpaired) electrons. The van der Waals surface area contributed by atoms with E-state index in [2.05, 4.69) is 10.3 Å². The van der Waals surface area contributed by atoms with Gasteiger partial charge in [0.1, 0.15) is 0 Å². The number of anilines is 1. The van der Waals surface area contributed by atoms with E-state index in [9.17, 15) is 17.6 Å². The summed E-state index contributed by atoms with van der Waals surface area (Å²) in [5.74, 6) is -0.423. The Kier molecular flexibility index (Phi) is 4.24. The van der Waals surface area contributed by atoms with Gasteiger partial charge in [0.2, 0.25) is 5.95 Å². The smallest absolute Gasteiger partial charge is 0.385 e. The first-order chi connectivity index (χ1) is 8.92. The van der Waals surface area contributed by atoms with Crippen molar-refractivity contribution in [3.63, 3.8) is 0 Å². The number of hydrogen-bond donors (Lipinski definition) is 1. The monoisotopic (exact) mass is 277 g/mol. The summed E-state index contributed by atoms with van der Waals surface area (Å²) in [4.78, 5) is 4.83. The van der Waals surface area contributed by atoms with Gasteiger partial charge in [-0.25, -0.2) is 4.98 Å². The topological polar surface area (TPSA) is 28.2 Å². The van der Waals surface area contributed by atoms with E-state index in [0.29, 0.717) is 25.3 Å². The maximum atomic E-state index is 12.8.